The third-order valence-corrected chi connectivity index (χ3v) is 4.14. The number of hydrogen-bond acceptors (Lipinski definition) is 4. The summed E-state index contributed by atoms with van der Waals surface area (Å²) in [6.45, 7) is 1.51. The van der Waals surface area contributed by atoms with E-state index in [0.29, 0.717) is 0 Å². The van der Waals surface area contributed by atoms with Gasteiger partial charge in [0.15, 0.2) is 0 Å². The second kappa shape index (κ2) is 4.99. The number of nitrogens with two attached hydrogens (primary N) is 1. The summed E-state index contributed by atoms with van der Waals surface area (Å²) in [6.07, 6.45) is 0. The molecule has 2 aromatic rings. The zero-order chi connectivity index (χ0) is 14.0. The molecule has 1 heterocycles. The number of benzene rings is 1. The monoisotopic (exact) mass is 278 g/mol. The zero-order valence-electron chi connectivity index (χ0n) is 10.3. The maximum absolute atomic E-state index is 11.1. The van der Waals surface area contributed by atoms with Crippen LogP contribution in [0.15, 0.2) is 30.3 Å². The summed E-state index contributed by atoms with van der Waals surface area (Å²) in [6, 6.07) is 9.63. The Morgan fingerprint density at radius 1 is 1.42 bits per heavy atom. The molecule has 0 fully saturated rings. The summed E-state index contributed by atoms with van der Waals surface area (Å²) in [5.74, 6) is -1.96. The van der Waals surface area contributed by atoms with Crippen molar-refractivity contribution in [2.75, 3.05) is 6.54 Å². The third kappa shape index (κ3) is 2.91. The van der Waals surface area contributed by atoms with Crippen LogP contribution in [0, 0.1) is 0 Å². The summed E-state index contributed by atoms with van der Waals surface area (Å²) in [5, 5.41) is 13.7. The zero-order valence-corrected chi connectivity index (χ0v) is 11.2. The van der Waals surface area contributed by atoms with Gasteiger partial charge in [-0.3, -0.25) is 9.59 Å². The fourth-order valence-corrected chi connectivity index (χ4v) is 2.78. The second-order valence-electron chi connectivity index (χ2n) is 4.47. The Hall–Kier alpha value is -1.92. The first kappa shape index (κ1) is 13.5. The predicted molar refractivity (Wildman–Crippen MR) is 73.6 cm³/mol. The van der Waals surface area contributed by atoms with Gasteiger partial charge in [-0.05, 0) is 24.4 Å². The summed E-state index contributed by atoms with van der Waals surface area (Å²) in [5.41, 5.74) is 3.59. The topological polar surface area (TPSA) is 92.4 Å². The van der Waals surface area contributed by atoms with Crippen LogP contribution in [-0.2, 0) is 15.2 Å². The molecule has 0 saturated heterocycles. The van der Waals surface area contributed by atoms with E-state index in [-0.39, 0.29) is 6.54 Å². The number of carbonyl (C=O) groups is 2. The molecule has 5 nitrogen and oxygen atoms in total. The minimum atomic E-state index is -1.24. The van der Waals surface area contributed by atoms with Crippen LogP contribution in [0.5, 0.6) is 0 Å². The fourth-order valence-electron chi connectivity index (χ4n) is 1.67. The van der Waals surface area contributed by atoms with Gasteiger partial charge in [-0.25, -0.2) is 0 Å². The number of fused-ring (bicyclic) bond motifs is 1. The molecule has 1 atom stereocenters. The predicted octanol–water partition coefficient (Wildman–Crippen LogP) is 0.710. The molecule has 0 bridgehead atoms. The maximum Gasteiger partial charge on any atom is 0.309 e. The summed E-state index contributed by atoms with van der Waals surface area (Å²) in [7, 11) is 0. The van der Waals surface area contributed by atoms with Crippen LogP contribution < -0.4 is 11.1 Å². The lowest BCUT2D eigenvalue weighted by atomic mass is 10.0. The highest BCUT2D eigenvalue weighted by molar-refractivity contribution is 7.19. The average Bonchev–Trinajstić information content (AvgIpc) is 2.80. The number of thiophene rings is 1. The van der Waals surface area contributed by atoms with Crippen molar-refractivity contribution in [3.05, 3.63) is 35.2 Å². The second-order valence-corrected chi connectivity index (χ2v) is 5.55. The van der Waals surface area contributed by atoms with Crippen molar-refractivity contribution in [3.8, 4) is 0 Å². The Labute approximate surface area is 114 Å². The lowest BCUT2D eigenvalue weighted by Crippen LogP contribution is -2.43. The molecule has 0 aliphatic heterocycles. The van der Waals surface area contributed by atoms with E-state index in [1.54, 1.807) is 6.92 Å². The lowest BCUT2D eigenvalue weighted by Gasteiger charge is -2.21. The highest BCUT2D eigenvalue weighted by Gasteiger charge is 2.26. The highest BCUT2D eigenvalue weighted by atomic mass is 32.1. The number of nitrogens with one attached hydrogen (secondary N) is 1. The molecular formula is C13H14N2O3S. The van der Waals surface area contributed by atoms with Crippen LogP contribution in [0.1, 0.15) is 11.8 Å². The Kier molecular flexibility index (Phi) is 3.55. The molecule has 0 spiro atoms. The van der Waals surface area contributed by atoms with Crippen molar-refractivity contribution in [1.82, 2.24) is 5.32 Å². The number of carbonyl (C=O) groups excluding carboxylic acids is 2. The van der Waals surface area contributed by atoms with Gasteiger partial charge >= 0.3 is 11.8 Å². The summed E-state index contributed by atoms with van der Waals surface area (Å²) >= 11 is 1.45. The number of aliphatic hydroxyl groups is 1. The van der Waals surface area contributed by atoms with Gasteiger partial charge in [0.05, 0.1) is 6.54 Å². The molecule has 1 aromatic carbocycles. The Morgan fingerprint density at radius 2 is 2.11 bits per heavy atom. The van der Waals surface area contributed by atoms with Crippen LogP contribution in [0.3, 0.4) is 0 Å². The molecule has 1 aromatic heterocycles. The van der Waals surface area contributed by atoms with Crippen molar-refractivity contribution in [1.29, 1.82) is 0 Å². The van der Waals surface area contributed by atoms with E-state index in [9.17, 15) is 14.7 Å². The number of rotatable bonds is 3. The van der Waals surface area contributed by atoms with E-state index in [0.717, 1.165) is 15.0 Å². The number of amides is 2. The van der Waals surface area contributed by atoms with Crippen molar-refractivity contribution >= 4 is 33.2 Å². The van der Waals surface area contributed by atoms with Crippen molar-refractivity contribution in [2.24, 2.45) is 5.73 Å². The Bertz CT molecular complexity index is 601. The molecule has 0 saturated carbocycles. The van der Waals surface area contributed by atoms with E-state index in [2.05, 4.69) is 5.32 Å². The Balaban J connectivity index is 2.18. The van der Waals surface area contributed by atoms with Crippen molar-refractivity contribution in [3.63, 3.8) is 0 Å². The molecule has 2 rings (SSSR count). The lowest BCUT2D eigenvalue weighted by molar-refractivity contribution is -0.137. The maximum atomic E-state index is 11.1. The highest BCUT2D eigenvalue weighted by Crippen LogP contribution is 2.32. The molecule has 4 N–H and O–H groups in total. The van der Waals surface area contributed by atoms with Gasteiger partial charge < -0.3 is 16.2 Å². The molecule has 2 amide bonds. The molecule has 100 valence electrons. The van der Waals surface area contributed by atoms with E-state index in [1.165, 1.54) is 11.3 Å². The molecule has 19 heavy (non-hydrogen) atoms. The first-order chi connectivity index (χ1) is 8.90. The minimum Gasteiger partial charge on any atom is -0.383 e. The number of hydrogen-bond donors (Lipinski definition) is 3. The van der Waals surface area contributed by atoms with Gasteiger partial charge in [-0.2, -0.15) is 0 Å². The standard InChI is InChI=1S/C13H14N2O3S/c1-13(18,7-15-12(17)11(14)16)10-6-8-4-2-3-5-9(8)19-10/h2-6,18H,7H2,1H3,(H2,14,16)(H,15,17). The summed E-state index contributed by atoms with van der Waals surface area (Å²) in [4.78, 5) is 22.4. The normalized spacial score (nSPS) is 14.0. The van der Waals surface area contributed by atoms with Gasteiger partial charge in [0, 0.05) is 9.58 Å². The molecule has 1 unspecified atom stereocenters. The Morgan fingerprint density at radius 3 is 2.74 bits per heavy atom. The quantitative estimate of drug-likeness (QED) is 0.722. The smallest absolute Gasteiger partial charge is 0.309 e. The van der Waals surface area contributed by atoms with E-state index in [4.69, 9.17) is 5.73 Å². The van der Waals surface area contributed by atoms with Gasteiger partial charge in [0.1, 0.15) is 5.60 Å². The third-order valence-electron chi connectivity index (χ3n) is 2.77. The van der Waals surface area contributed by atoms with Gasteiger partial charge in [0.2, 0.25) is 0 Å². The first-order valence-corrected chi connectivity index (χ1v) is 6.51. The fraction of sp³-hybridized carbons (Fsp3) is 0.231. The summed E-state index contributed by atoms with van der Waals surface area (Å²) < 4.78 is 1.05. The van der Waals surface area contributed by atoms with Crippen molar-refractivity contribution in [2.45, 2.75) is 12.5 Å². The van der Waals surface area contributed by atoms with Crippen molar-refractivity contribution < 1.29 is 14.7 Å². The minimum absolute atomic E-state index is 0.0679. The van der Waals surface area contributed by atoms with E-state index >= 15 is 0 Å². The molecule has 6 heteroatoms. The van der Waals surface area contributed by atoms with E-state index < -0.39 is 17.4 Å². The average molecular weight is 278 g/mol. The first-order valence-electron chi connectivity index (χ1n) is 5.69. The molecule has 0 aliphatic rings. The van der Waals surface area contributed by atoms with Gasteiger partial charge in [-0.15, -0.1) is 11.3 Å². The van der Waals surface area contributed by atoms with Crippen LogP contribution in [0.25, 0.3) is 10.1 Å². The largest absolute Gasteiger partial charge is 0.383 e. The number of primary amides is 1. The van der Waals surface area contributed by atoms with Gasteiger partial charge in [-0.1, -0.05) is 18.2 Å². The van der Waals surface area contributed by atoms with Crippen LogP contribution >= 0.6 is 11.3 Å². The molecular weight excluding hydrogens is 264 g/mol. The van der Waals surface area contributed by atoms with Crippen LogP contribution in [0.2, 0.25) is 0 Å². The molecule has 0 radical (unpaired) electrons. The van der Waals surface area contributed by atoms with Gasteiger partial charge in [0.25, 0.3) is 0 Å². The van der Waals surface area contributed by atoms with Crippen LogP contribution in [-0.4, -0.2) is 23.5 Å². The van der Waals surface area contributed by atoms with Crippen LogP contribution in [0.4, 0.5) is 0 Å². The SMILES string of the molecule is CC(O)(CNC(=O)C(N)=O)c1cc2ccccc2s1. The van der Waals surface area contributed by atoms with E-state index in [1.807, 2.05) is 30.3 Å². The molecule has 0 aliphatic carbocycles.